The predicted molar refractivity (Wildman–Crippen MR) is 58.9 cm³/mol. The monoisotopic (exact) mass is 278 g/mol. The zero-order valence-corrected chi connectivity index (χ0v) is 12.6. The molecule has 2 aromatic rings. The molecule has 0 radical (unpaired) electrons. The molecule has 8 heteroatoms. The Morgan fingerprint density at radius 2 is 1.82 bits per heavy atom. The number of nitrogens with one attached hydrogen (secondary N) is 1. The van der Waals surface area contributed by atoms with Crippen LogP contribution in [-0.2, 0) is 10.1 Å². The third-order valence-corrected chi connectivity index (χ3v) is 3.22. The van der Waals surface area contributed by atoms with Gasteiger partial charge in [0.2, 0.25) is 0 Å². The molecule has 0 unspecified atom stereocenters. The zero-order chi connectivity index (χ0) is 11.8. The van der Waals surface area contributed by atoms with E-state index < -0.39 is 10.1 Å². The van der Waals surface area contributed by atoms with Crippen molar-refractivity contribution in [3.05, 3.63) is 41.4 Å². The van der Waals surface area contributed by atoms with E-state index in [1.807, 2.05) is 0 Å². The molecule has 0 fully saturated rings. The fourth-order valence-corrected chi connectivity index (χ4v) is 2.00. The first kappa shape index (κ1) is 14.6. The molecule has 1 aromatic heterocycles. The summed E-state index contributed by atoms with van der Waals surface area (Å²) in [6.45, 7) is 0. The van der Waals surface area contributed by atoms with E-state index >= 15 is 0 Å². The first-order valence-corrected chi connectivity index (χ1v) is 6.12. The maximum Gasteiger partial charge on any atom is 1.00 e. The van der Waals surface area contributed by atoms with Crippen LogP contribution in [0, 0.1) is 4.77 Å². The van der Waals surface area contributed by atoms with Gasteiger partial charge in [-0.2, -0.15) is 0 Å². The first-order valence-electron chi connectivity index (χ1n) is 4.31. The van der Waals surface area contributed by atoms with Crippen LogP contribution in [0.25, 0.3) is 5.69 Å². The van der Waals surface area contributed by atoms with Gasteiger partial charge < -0.3 is 9.54 Å². The van der Waals surface area contributed by atoms with Crippen molar-refractivity contribution in [2.75, 3.05) is 0 Å². The second-order valence-electron chi connectivity index (χ2n) is 3.08. The minimum Gasteiger partial charge on any atom is -0.744 e. The van der Waals surface area contributed by atoms with Gasteiger partial charge in [-0.3, -0.25) is 4.57 Å². The van der Waals surface area contributed by atoms with E-state index in [1.165, 1.54) is 24.3 Å². The van der Waals surface area contributed by atoms with Crippen LogP contribution in [-0.4, -0.2) is 22.5 Å². The van der Waals surface area contributed by atoms with Crippen LogP contribution in [0.5, 0.6) is 0 Å². The van der Waals surface area contributed by atoms with Crippen molar-refractivity contribution in [1.29, 1.82) is 0 Å². The Bertz CT molecular complexity index is 658. The maximum atomic E-state index is 10.7. The van der Waals surface area contributed by atoms with Gasteiger partial charge in [-0.25, -0.2) is 8.42 Å². The van der Waals surface area contributed by atoms with Crippen LogP contribution in [0.4, 0.5) is 0 Å². The minimum atomic E-state index is -4.39. The van der Waals surface area contributed by atoms with Crippen molar-refractivity contribution in [3.8, 4) is 5.69 Å². The molecule has 0 saturated heterocycles. The van der Waals surface area contributed by atoms with Crippen LogP contribution < -0.4 is 29.6 Å². The Morgan fingerprint density at radius 1 is 1.24 bits per heavy atom. The van der Waals surface area contributed by atoms with E-state index in [0.29, 0.717) is 10.5 Å². The minimum absolute atomic E-state index is 0. The molecule has 0 atom stereocenters. The van der Waals surface area contributed by atoms with Crippen molar-refractivity contribution < 1.29 is 42.5 Å². The number of H-pyrrole nitrogens is 1. The van der Waals surface area contributed by atoms with Crippen LogP contribution in [0.2, 0.25) is 0 Å². The number of aromatic nitrogens is 2. The van der Waals surface area contributed by atoms with Crippen molar-refractivity contribution in [3.63, 3.8) is 0 Å². The number of hydrogen-bond donors (Lipinski definition) is 1. The van der Waals surface area contributed by atoms with Gasteiger partial charge in [0, 0.05) is 18.1 Å². The molecule has 5 nitrogen and oxygen atoms in total. The standard InChI is InChI=1S/C9H8N2O3S2.Na/c12-16(13,14)8-3-1-7(2-4-8)11-6-5-10-9(11)15;/h1-6H,(H,10,15)(H,12,13,14);/q;+1/p-1. The summed E-state index contributed by atoms with van der Waals surface area (Å²) >= 11 is 5.00. The molecule has 2 rings (SSSR count). The molecule has 0 aliphatic rings. The van der Waals surface area contributed by atoms with Gasteiger partial charge in [0.25, 0.3) is 0 Å². The summed E-state index contributed by atoms with van der Waals surface area (Å²) < 4.78 is 34.3. The Labute approximate surface area is 126 Å². The summed E-state index contributed by atoms with van der Waals surface area (Å²) in [6, 6.07) is 5.56. The predicted octanol–water partition coefficient (Wildman–Crippen LogP) is -1.56. The molecule has 0 amide bonds. The van der Waals surface area contributed by atoms with Crippen LogP contribution in [0.15, 0.2) is 41.6 Å². The van der Waals surface area contributed by atoms with Gasteiger partial charge in [-0.05, 0) is 36.5 Å². The number of benzene rings is 1. The molecule has 17 heavy (non-hydrogen) atoms. The van der Waals surface area contributed by atoms with Crippen molar-refractivity contribution in [2.24, 2.45) is 0 Å². The molecule has 0 saturated carbocycles. The van der Waals surface area contributed by atoms with E-state index in [-0.39, 0.29) is 34.5 Å². The molecule has 0 bridgehead atoms. The third-order valence-electron chi connectivity index (χ3n) is 2.05. The summed E-state index contributed by atoms with van der Waals surface area (Å²) in [5, 5.41) is 0. The average Bonchev–Trinajstić information content (AvgIpc) is 2.63. The molecule has 1 heterocycles. The fourth-order valence-electron chi connectivity index (χ4n) is 1.30. The maximum absolute atomic E-state index is 10.7. The Balaban J connectivity index is 0.00000144. The summed E-state index contributed by atoms with van der Waals surface area (Å²) in [5.41, 5.74) is 0.693. The van der Waals surface area contributed by atoms with E-state index in [4.69, 9.17) is 12.2 Å². The smallest absolute Gasteiger partial charge is 0.744 e. The van der Waals surface area contributed by atoms with Gasteiger partial charge in [0.05, 0.1) is 4.90 Å². The van der Waals surface area contributed by atoms with E-state index in [2.05, 4.69) is 4.98 Å². The molecule has 84 valence electrons. The van der Waals surface area contributed by atoms with E-state index in [9.17, 15) is 13.0 Å². The number of imidazole rings is 1. The SMILES string of the molecule is O=S(=O)([O-])c1ccc(-n2cc[nH]c2=S)cc1.[Na+]. The van der Waals surface area contributed by atoms with Gasteiger partial charge >= 0.3 is 29.6 Å². The topological polar surface area (TPSA) is 77.9 Å². The van der Waals surface area contributed by atoms with Crippen LogP contribution in [0.1, 0.15) is 0 Å². The second-order valence-corrected chi connectivity index (χ2v) is 4.85. The van der Waals surface area contributed by atoms with Crippen LogP contribution in [0.3, 0.4) is 0 Å². The summed E-state index contributed by atoms with van der Waals surface area (Å²) in [5.74, 6) is 0. The van der Waals surface area contributed by atoms with Crippen LogP contribution >= 0.6 is 12.2 Å². The molecule has 0 aliphatic carbocycles. The van der Waals surface area contributed by atoms with Gasteiger partial charge in [0.1, 0.15) is 10.1 Å². The quantitative estimate of drug-likeness (QED) is 0.409. The number of aromatic amines is 1. The fraction of sp³-hybridized carbons (Fsp3) is 0. The van der Waals surface area contributed by atoms with Crippen molar-refractivity contribution in [2.45, 2.75) is 4.90 Å². The number of rotatable bonds is 2. The third kappa shape index (κ3) is 3.27. The van der Waals surface area contributed by atoms with E-state index in [1.54, 1.807) is 17.0 Å². The normalized spacial score (nSPS) is 10.9. The van der Waals surface area contributed by atoms with Crippen molar-refractivity contribution >= 4 is 22.3 Å². The van der Waals surface area contributed by atoms with Gasteiger partial charge in [0.15, 0.2) is 4.77 Å². The molecule has 1 N–H and O–H groups in total. The molecular weight excluding hydrogens is 271 g/mol. The van der Waals surface area contributed by atoms with Gasteiger partial charge in [-0.1, -0.05) is 0 Å². The number of hydrogen-bond acceptors (Lipinski definition) is 4. The molecule has 0 aliphatic heterocycles. The Kier molecular flexibility index (Phi) is 4.70. The molecule has 0 spiro atoms. The van der Waals surface area contributed by atoms with Crippen molar-refractivity contribution in [1.82, 2.24) is 9.55 Å². The Hall–Kier alpha value is -0.440. The summed E-state index contributed by atoms with van der Waals surface area (Å²) in [4.78, 5) is 2.56. The summed E-state index contributed by atoms with van der Waals surface area (Å²) in [7, 11) is -4.39. The molecular formula is C9H7N2NaO3S2. The van der Waals surface area contributed by atoms with E-state index in [0.717, 1.165) is 0 Å². The average molecular weight is 278 g/mol. The zero-order valence-electron chi connectivity index (χ0n) is 8.95. The van der Waals surface area contributed by atoms with Gasteiger partial charge in [-0.15, -0.1) is 0 Å². The summed E-state index contributed by atoms with van der Waals surface area (Å²) in [6.07, 6.45) is 3.38. The number of nitrogens with zero attached hydrogens (tertiary/aromatic N) is 1. The second kappa shape index (κ2) is 5.47. The Morgan fingerprint density at radius 3 is 2.24 bits per heavy atom. The first-order chi connectivity index (χ1) is 7.48. The molecule has 1 aromatic carbocycles. The largest absolute Gasteiger partial charge is 1.00 e.